The molecule has 21 heavy (non-hydrogen) atoms. The van der Waals surface area contributed by atoms with E-state index in [4.69, 9.17) is 11.6 Å². The van der Waals surface area contributed by atoms with Gasteiger partial charge in [-0.3, -0.25) is 4.79 Å². The molecule has 0 aliphatic carbocycles. The highest BCUT2D eigenvalue weighted by atomic mass is 35.5. The topological polar surface area (TPSA) is 40.5 Å². The van der Waals surface area contributed by atoms with Crippen molar-refractivity contribution in [3.8, 4) is 0 Å². The van der Waals surface area contributed by atoms with E-state index in [0.717, 1.165) is 17.0 Å². The smallest absolute Gasteiger partial charge is 0.380 e. The number of halogens is 5. The molecule has 1 aliphatic heterocycles. The second-order valence-electron chi connectivity index (χ2n) is 4.95. The summed E-state index contributed by atoms with van der Waals surface area (Å²) in [4.78, 5) is 13.2. The second kappa shape index (κ2) is 5.46. The van der Waals surface area contributed by atoms with Gasteiger partial charge in [0.2, 0.25) is 0 Å². The van der Waals surface area contributed by atoms with Crippen molar-refractivity contribution < 1.29 is 27.5 Å². The molecule has 1 saturated heterocycles. The molecule has 0 unspecified atom stereocenters. The first kappa shape index (κ1) is 16.0. The van der Waals surface area contributed by atoms with Gasteiger partial charge in [0.15, 0.2) is 5.60 Å². The van der Waals surface area contributed by atoms with Crippen LogP contribution in [0.25, 0.3) is 0 Å². The minimum Gasteiger partial charge on any atom is -0.380 e. The zero-order valence-electron chi connectivity index (χ0n) is 10.8. The molecule has 8 heteroatoms. The number of alkyl halides is 3. The molecule has 3 nitrogen and oxygen atoms in total. The van der Waals surface area contributed by atoms with Crippen LogP contribution in [-0.4, -0.2) is 40.8 Å². The van der Waals surface area contributed by atoms with Crippen molar-refractivity contribution in [3.63, 3.8) is 0 Å². The van der Waals surface area contributed by atoms with Crippen molar-refractivity contribution >= 4 is 17.5 Å². The number of carbonyl (C=O) groups is 1. The van der Waals surface area contributed by atoms with E-state index in [-0.39, 0.29) is 23.7 Å². The SMILES string of the molecule is O=C(c1cc(Cl)ccc1F)N1CCC(O)(C(F)(F)F)CC1. The van der Waals surface area contributed by atoms with Gasteiger partial charge in [0, 0.05) is 31.0 Å². The van der Waals surface area contributed by atoms with Crippen molar-refractivity contribution in [2.24, 2.45) is 0 Å². The number of piperidine rings is 1. The molecule has 1 aromatic rings. The summed E-state index contributed by atoms with van der Waals surface area (Å²) in [5.74, 6) is -1.53. The summed E-state index contributed by atoms with van der Waals surface area (Å²) in [5, 5.41) is 9.67. The molecule has 1 aromatic carbocycles. The van der Waals surface area contributed by atoms with Crippen LogP contribution >= 0.6 is 11.6 Å². The van der Waals surface area contributed by atoms with Crippen LogP contribution in [0.3, 0.4) is 0 Å². The van der Waals surface area contributed by atoms with Gasteiger partial charge in [-0.25, -0.2) is 4.39 Å². The van der Waals surface area contributed by atoms with Crippen LogP contribution in [0.2, 0.25) is 5.02 Å². The number of rotatable bonds is 1. The van der Waals surface area contributed by atoms with E-state index >= 15 is 0 Å². The molecular formula is C13H12ClF4NO2. The summed E-state index contributed by atoms with van der Waals surface area (Å²) >= 11 is 5.68. The molecule has 0 atom stereocenters. The lowest BCUT2D eigenvalue weighted by Crippen LogP contribution is -2.54. The number of nitrogens with zero attached hydrogens (tertiary/aromatic N) is 1. The largest absolute Gasteiger partial charge is 0.417 e. The first-order chi connectivity index (χ1) is 9.64. The molecular weight excluding hydrogens is 314 g/mol. The Labute approximate surface area is 123 Å². The first-order valence-corrected chi connectivity index (χ1v) is 6.55. The van der Waals surface area contributed by atoms with Crippen LogP contribution in [0.4, 0.5) is 17.6 Å². The first-order valence-electron chi connectivity index (χ1n) is 6.17. The quantitative estimate of drug-likeness (QED) is 0.806. The van der Waals surface area contributed by atoms with Crippen LogP contribution in [-0.2, 0) is 0 Å². The molecule has 1 aliphatic rings. The molecule has 1 fully saturated rings. The predicted octanol–water partition coefficient (Wildman–Crippen LogP) is 3.01. The predicted molar refractivity (Wildman–Crippen MR) is 67.6 cm³/mol. The van der Waals surface area contributed by atoms with Gasteiger partial charge in [0.25, 0.3) is 5.91 Å². The average Bonchev–Trinajstić information content (AvgIpc) is 2.40. The van der Waals surface area contributed by atoms with E-state index in [9.17, 15) is 27.5 Å². The highest BCUT2D eigenvalue weighted by molar-refractivity contribution is 6.31. The van der Waals surface area contributed by atoms with Crippen LogP contribution in [0.5, 0.6) is 0 Å². The highest BCUT2D eigenvalue weighted by Crippen LogP contribution is 2.38. The van der Waals surface area contributed by atoms with Gasteiger partial charge in [-0.05, 0) is 18.2 Å². The number of amides is 1. The van der Waals surface area contributed by atoms with E-state index in [1.165, 1.54) is 6.07 Å². The van der Waals surface area contributed by atoms with Gasteiger partial charge in [-0.2, -0.15) is 13.2 Å². The standard InChI is InChI=1S/C13H12ClF4NO2/c14-8-1-2-10(15)9(7-8)11(20)19-5-3-12(21,4-6-19)13(16,17)18/h1-2,7,21H,3-6H2. The number of benzene rings is 1. The Hall–Kier alpha value is -1.34. The minimum absolute atomic E-state index is 0.156. The molecule has 1 heterocycles. The number of hydrogen-bond donors (Lipinski definition) is 1. The fourth-order valence-electron chi connectivity index (χ4n) is 2.19. The summed E-state index contributed by atoms with van der Waals surface area (Å²) < 4.78 is 51.6. The maximum Gasteiger partial charge on any atom is 0.417 e. The number of carbonyl (C=O) groups excluding carboxylic acids is 1. The molecule has 0 saturated carbocycles. The summed E-state index contributed by atoms with van der Waals surface area (Å²) in [5.41, 5.74) is -3.09. The van der Waals surface area contributed by atoms with Crippen molar-refractivity contribution in [2.75, 3.05) is 13.1 Å². The van der Waals surface area contributed by atoms with Gasteiger partial charge >= 0.3 is 6.18 Å². The van der Waals surface area contributed by atoms with Crippen molar-refractivity contribution in [3.05, 3.63) is 34.6 Å². The fourth-order valence-corrected chi connectivity index (χ4v) is 2.37. The van der Waals surface area contributed by atoms with E-state index in [1.54, 1.807) is 0 Å². The third-order valence-electron chi connectivity index (χ3n) is 3.56. The maximum absolute atomic E-state index is 13.6. The van der Waals surface area contributed by atoms with E-state index in [2.05, 4.69) is 0 Å². The average molecular weight is 326 g/mol. The van der Waals surface area contributed by atoms with Crippen LogP contribution in [0, 0.1) is 5.82 Å². The Morgan fingerprint density at radius 1 is 1.29 bits per heavy atom. The number of hydrogen-bond acceptors (Lipinski definition) is 2. The third kappa shape index (κ3) is 3.13. The van der Waals surface area contributed by atoms with Gasteiger partial charge < -0.3 is 10.0 Å². The zero-order chi connectivity index (χ0) is 15.8. The fraction of sp³-hybridized carbons (Fsp3) is 0.462. The Morgan fingerprint density at radius 2 is 1.86 bits per heavy atom. The normalized spacial score (nSPS) is 18.7. The highest BCUT2D eigenvalue weighted by Gasteiger charge is 2.54. The lowest BCUT2D eigenvalue weighted by atomic mass is 9.90. The summed E-state index contributed by atoms with van der Waals surface area (Å²) in [6.45, 7) is -0.610. The van der Waals surface area contributed by atoms with Gasteiger partial charge in [0.1, 0.15) is 5.82 Å². The van der Waals surface area contributed by atoms with Gasteiger partial charge in [-0.15, -0.1) is 0 Å². The molecule has 0 bridgehead atoms. The molecule has 0 radical (unpaired) electrons. The van der Waals surface area contributed by atoms with Crippen molar-refractivity contribution in [1.82, 2.24) is 4.90 Å². The lowest BCUT2D eigenvalue weighted by molar-refractivity contribution is -0.271. The maximum atomic E-state index is 13.6. The number of likely N-dealkylation sites (tertiary alicyclic amines) is 1. The molecule has 0 spiro atoms. The van der Waals surface area contributed by atoms with Crippen LogP contribution in [0.15, 0.2) is 18.2 Å². The van der Waals surface area contributed by atoms with Gasteiger partial charge in [-0.1, -0.05) is 11.6 Å². The van der Waals surface area contributed by atoms with E-state index < -0.39 is 36.3 Å². The molecule has 2 rings (SSSR count). The van der Waals surface area contributed by atoms with Gasteiger partial charge in [0.05, 0.1) is 5.56 Å². The van der Waals surface area contributed by atoms with Crippen LogP contribution in [0.1, 0.15) is 23.2 Å². The molecule has 0 aromatic heterocycles. The Bertz CT molecular complexity index is 554. The summed E-state index contributed by atoms with van der Waals surface area (Å²) in [6, 6.07) is 3.42. The van der Waals surface area contributed by atoms with E-state index in [0.29, 0.717) is 0 Å². The van der Waals surface area contributed by atoms with Crippen LogP contribution < -0.4 is 0 Å². The summed E-state index contributed by atoms with van der Waals surface area (Å²) in [7, 11) is 0. The molecule has 116 valence electrons. The Balaban J connectivity index is 2.12. The van der Waals surface area contributed by atoms with Crippen molar-refractivity contribution in [1.29, 1.82) is 0 Å². The monoisotopic (exact) mass is 325 g/mol. The molecule has 1 N–H and O–H groups in total. The molecule has 1 amide bonds. The number of aliphatic hydroxyl groups is 1. The van der Waals surface area contributed by atoms with Crippen molar-refractivity contribution in [2.45, 2.75) is 24.6 Å². The second-order valence-corrected chi connectivity index (χ2v) is 5.38. The van der Waals surface area contributed by atoms with E-state index in [1.807, 2.05) is 0 Å². The Morgan fingerprint density at radius 3 is 2.38 bits per heavy atom. The summed E-state index contributed by atoms with van der Waals surface area (Å²) in [6.07, 6.45) is -6.02. The third-order valence-corrected chi connectivity index (χ3v) is 3.80. The zero-order valence-corrected chi connectivity index (χ0v) is 11.5. The minimum atomic E-state index is -4.75. The lowest BCUT2D eigenvalue weighted by Gasteiger charge is -2.39. The Kier molecular flexibility index (Phi) is 4.17.